The van der Waals surface area contributed by atoms with Crippen LogP contribution in [0.2, 0.25) is 0 Å². The average molecular weight is 396 g/mol. The minimum absolute atomic E-state index is 0.130. The van der Waals surface area contributed by atoms with Crippen molar-refractivity contribution in [2.24, 2.45) is 7.05 Å². The molecule has 154 valence electrons. The van der Waals surface area contributed by atoms with E-state index in [9.17, 15) is 14.7 Å². The number of aliphatic hydroxyl groups is 1. The number of carbonyl (C=O) groups excluding carboxylic acids is 2. The van der Waals surface area contributed by atoms with Crippen LogP contribution in [0.15, 0.2) is 35.9 Å². The number of aliphatic hydroxyl groups excluding tert-OH is 1. The van der Waals surface area contributed by atoms with Crippen LogP contribution in [0.25, 0.3) is 5.76 Å². The highest BCUT2D eigenvalue weighted by Gasteiger charge is 2.46. The van der Waals surface area contributed by atoms with Gasteiger partial charge in [-0.25, -0.2) is 0 Å². The highest BCUT2D eigenvalue weighted by atomic mass is 16.3. The molecule has 0 radical (unpaired) electrons. The van der Waals surface area contributed by atoms with Crippen LogP contribution in [0.5, 0.6) is 0 Å². The summed E-state index contributed by atoms with van der Waals surface area (Å²) in [5.41, 5.74) is 2.81. The Balaban J connectivity index is 2.13. The second-order valence-electron chi connectivity index (χ2n) is 7.73. The molecule has 3 rings (SSSR count). The number of Topliss-reactive ketones (excluding diaryl/α,β-unsaturated/α-hetero) is 1. The minimum atomic E-state index is -0.649. The molecule has 0 aliphatic carbocycles. The standard InChI is InChI=1S/C22H28N4O3/c1-14-17(15(2)25(5)23-14)20(27)18-19(16-10-7-6-8-11-16)26(22(29)21(18)28)13-9-12-24(3)4/h6-8,10-11,19,27H,9,12-13H2,1-5H3/t19-/m1/s1. The van der Waals surface area contributed by atoms with Gasteiger partial charge < -0.3 is 14.9 Å². The molecule has 1 N–H and O–H groups in total. The lowest BCUT2D eigenvalue weighted by Gasteiger charge is -2.26. The van der Waals surface area contributed by atoms with Gasteiger partial charge in [0.05, 0.1) is 22.9 Å². The molecule has 0 spiro atoms. The fourth-order valence-electron chi connectivity index (χ4n) is 3.90. The zero-order chi connectivity index (χ0) is 21.3. The fourth-order valence-corrected chi connectivity index (χ4v) is 3.90. The summed E-state index contributed by atoms with van der Waals surface area (Å²) >= 11 is 0. The first kappa shape index (κ1) is 20.8. The predicted octanol–water partition coefficient (Wildman–Crippen LogP) is 2.41. The number of amides is 1. The van der Waals surface area contributed by atoms with Gasteiger partial charge in [-0.05, 0) is 46.5 Å². The van der Waals surface area contributed by atoms with Gasteiger partial charge in [-0.2, -0.15) is 5.10 Å². The third-order valence-corrected chi connectivity index (χ3v) is 5.41. The van der Waals surface area contributed by atoms with E-state index in [4.69, 9.17) is 0 Å². The van der Waals surface area contributed by atoms with E-state index in [1.165, 1.54) is 0 Å². The van der Waals surface area contributed by atoms with Crippen molar-refractivity contribution in [2.45, 2.75) is 26.3 Å². The molecular weight excluding hydrogens is 368 g/mol. The lowest BCUT2D eigenvalue weighted by molar-refractivity contribution is -0.139. The zero-order valence-corrected chi connectivity index (χ0v) is 17.6. The Kier molecular flexibility index (Phi) is 5.88. The van der Waals surface area contributed by atoms with Crippen LogP contribution in [-0.4, -0.2) is 63.6 Å². The van der Waals surface area contributed by atoms with Crippen LogP contribution < -0.4 is 0 Å². The van der Waals surface area contributed by atoms with E-state index in [-0.39, 0.29) is 11.3 Å². The van der Waals surface area contributed by atoms with E-state index < -0.39 is 17.7 Å². The van der Waals surface area contributed by atoms with Gasteiger partial charge in [0, 0.05) is 19.3 Å². The van der Waals surface area contributed by atoms with Gasteiger partial charge in [0.15, 0.2) is 0 Å². The fraction of sp³-hybridized carbons (Fsp3) is 0.409. The number of nitrogens with zero attached hydrogens (tertiary/aromatic N) is 4. The molecule has 1 aromatic heterocycles. The van der Waals surface area contributed by atoms with Crippen LogP contribution in [0, 0.1) is 13.8 Å². The Morgan fingerprint density at radius 2 is 1.83 bits per heavy atom. The van der Waals surface area contributed by atoms with Crippen LogP contribution >= 0.6 is 0 Å². The molecule has 1 atom stereocenters. The monoisotopic (exact) mass is 396 g/mol. The molecule has 7 heteroatoms. The number of hydrogen-bond donors (Lipinski definition) is 1. The highest BCUT2D eigenvalue weighted by Crippen LogP contribution is 2.40. The third kappa shape index (κ3) is 3.82. The summed E-state index contributed by atoms with van der Waals surface area (Å²) < 4.78 is 1.66. The maximum absolute atomic E-state index is 13.0. The lowest BCUT2D eigenvalue weighted by atomic mass is 9.94. The van der Waals surface area contributed by atoms with Gasteiger partial charge in [0.1, 0.15) is 5.76 Å². The molecule has 1 aromatic carbocycles. The van der Waals surface area contributed by atoms with E-state index in [1.807, 2.05) is 56.3 Å². The summed E-state index contributed by atoms with van der Waals surface area (Å²) in [6, 6.07) is 8.78. The molecule has 2 heterocycles. The number of aryl methyl sites for hydroxylation is 2. The summed E-state index contributed by atoms with van der Waals surface area (Å²) in [4.78, 5) is 29.5. The molecule has 0 unspecified atom stereocenters. The van der Waals surface area contributed by atoms with Gasteiger partial charge in [0.25, 0.3) is 11.7 Å². The van der Waals surface area contributed by atoms with Crippen molar-refractivity contribution in [1.82, 2.24) is 19.6 Å². The summed E-state index contributed by atoms with van der Waals surface area (Å²) in [5, 5.41) is 15.5. The van der Waals surface area contributed by atoms with Gasteiger partial charge >= 0.3 is 0 Å². The molecule has 1 aliphatic rings. The summed E-state index contributed by atoms with van der Waals surface area (Å²) in [6.07, 6.45) is 0.730. The smallest absolute Gasteiger partial charge is 0.295 e. The normalized spacial score (nSPS) is 18.8. The number of likely N-dealkylation sites (tertiary alicyclic amines) is 1. The molecule has 7 nitrogen and oxygen atoms in total. The van der Waals surface area contributed by atoms with E-state index >= 15 is 0 Å². The molecule has 0 bridgehead atoms. The molecule has 2 aromatic rings. The Morgan fingerprint density at radius 1 is 1.17 bits per heavy atom. The topological polar surface area (TPSA) is 78.7 Å². The number of ketones is 1. The van der Waals surface area contributed by atoms with Crippen molar-refractivity contribution in [2.75, 3.05) is 27.2 Å². The molecule has 1 amide bonds. The van der Waals surface area contributed by atoms with Crippen LogP contribution in [0.3, 0.4) is 0 Å². The first-order chi connectivity index (χ1) is 13.7. The average Bonchev–Trinajstić information content (AvgIpc) is 3.08. The molecule has 1 saturated heterocycles. The van der Waals surface area contributed by atoms with Crippen molar-refractivity contribution in [3.63, 3.8) is 0 Å². The van der Waals surface area contributed by atoms with Crippen molar-refractivity contribution in [1.29, 1.82) is 0 Å². The zero-order valence-electron chi connectivity index (χ0n) is 17.6. The number of benzene rings is 1. The van der Waals surface area contributed by atoms with Crippen LogP contribution in [-0.2, 0) is 16.6 Å². The molecular formula is C22H28N4O3. The largest absolute Gasteiger partial charge is 0.507 e. The summed E-state index contributed by atoms with van der Waals surface area (Å²) in [7, 11) is 5.72. The summed E-state index contributed by atoms with van der Waals surface area (Å²) in [5.74, 6) is -1.38. The Bertz CT molecular complexity index is 960. The Hall–Kier alpha value is -2.93. The molecule has 1 aliphatic heterocycles. The quantitative estimate of drug-likeness (QED) is 0.461. The second-order valence-corrected chi connectivity index (χ2v) is 7.73. The molecule has 1 fully saturated rings. The third-order valence-electron chi connectivity index (χ3n) is 5.41. The van der Waals surface area contributed by atoms with Gasteiger partial charge in [-0.15, -0.1) is 0 Å². The summed E-state index contributed by atoms with van der Waals surface area (Å²) in [6.45, 7) is 4.85. The van der Waals surface area contributed by atoms with E-state index in [1.54, 1.807) is 23.6 Å². The number of aromatic nitrogens is 2. The number of hydrogen-bond acceptors (Lipinski definition) is 5. The van der Waals surface area contributed by atoms with Crippen molar-refractivity contribution < 1.29 is 14.7 Å². The second kappa shape index (κ2) is 8.21. The molecule has 29 heavy (non-hydrogen) atoms. The van der Waals surface area contributed by atoms with Crippen LogP contribution in [0.1, 0.15) is 35.0 Å². The van der Waals surface area contributed by atoms with Gasteiger partial charge in [0.2, 0.25) is 0 Å². The Morgan fingerprint density at radius 3 is 2.38 bits per heavy atom. The van der Waals surface area contributed by atoms with Crippen molar-refractivity contribution >= 4 is 17.4 Å². The van der Waals surface area contributed by atoms with Crippen LogP contribution in [0.4, 0.5) is 0 Å². The predicted molar refractivity (Wildman–Crippen MR) is 111 cm³/mol. The number of carbonyl (C=O) groups is 2. The minimum Gasteiger partial charge on any atom is -0.507 e. The van der Waals surface area contributed by atoms with E-state index in [0.717, 1.165) is 24.2 Å². The van der Waals surface area contributed by atoms with Gasteiger partial charge in [-0.3, -0.25) is 14.3 Å². The SMILES string of the molecule is Cc1nn(C)c(C)c1C(O)=C1C(=O)C(=O)N(CCCN(C)C)[C@@H]1c1ccccc1. The first-order valence-corrected chi connectivity index (χ1v) is 9.72. The van der Waals surface area contributed by atoms with Crippen molar-refractivity contribution in [3.8, 4) is 0 Å². The maximum atomic E-state index is 13.0. The van der Waals surface area contributed by atoms with Crippen molar-refractivity contribution in [3.05, 3.63) is 58.4 Å². The molecule has 0 saturated carbocycles. The lowest BCUT2D eigenvalue weighted by Crippen LogP contribution is -2.32. The first-order valence-electron chi connectivity index (χ1n) is 9.72. The van der Waals surface area contributed by atoms with E-state index in [0.29, 0.717) is 17.8 Å². The van der Waals surface area contributed by atoms with E-state index in [2.05, 4.69) is 5.10 Å². The highest BCUT2D eigenvalue weighted by molar-refractivity contribution is 6.46. The van der Waals surface area contributed by atoms with Gasteiger partial charge in [-0.1, -0.05) is 30.3 Å². The Labute approximate surface area is 171 Å². The number of rotatable bonds is 6. The maximum Gasteiger partial charge on any atom is 0.295 e.